The first-order valence-corrected chi connectivity index (χ1v) is 7.72. The zero-order valence-electron chi connectivity index (χ0n) is 10.1. The molecule has 100 valence electrons. The van der Waals surface area contributed by atoms with Crippen molar-refractivity contribution in [3.05, 3.63) is 36.8 Å². The molecule has 0 aromatic carbocycles. The molecule has 0 aliphatic heterocycles. The monoisotopic (exact) mass is 359 g/mol. The van der Waals surface area contributed by atoms with Crippen LogP contribution in [0.2, 0.25) is 0 Å². The van der Waals surface area contributed by atoms with E-state index in [0.717, 1.165) is 14.2 Å². The number of anilines is 1. The average molecular weight is 360 g/mol. The summed E-state index contributed by atoms with van der Waals surface area (Å²) in [4.78, 5) is 24.5. The zero-order chi connectivity index (χ0) is 14.2. The maximum absolute atomic E-state index is 12.1. The number of carboxylic acids is 1. The maximum Gasteiger partial charge on any atom is 0.338 e. The third kappa shape index (κ3) is 3.05. The molecule has 0 saturated heterocycles. The smallest absolute Gasteiger partial charge is 0.338 e. The number of carbonyl (C=O) groups excluding carboxylic acids is 1. The van der Waals surface area contributed by atoms with E-state index in [4.69, 9.17) is 5.11 Å². The summed E-state index contributed by atoms with van der Waals surface area (Å²) in [5.74, 6) is -1.33. The molecule has 2 N–H and O–H groups in total. The lowest BCUT2D eigenvalue weighted by molar-refractivity contribution is 0.0698. The second-order valence-corrected chi connectivity index (χ2v) is 7.55. The fourth-order valence-corrected chi connectivity index (χ4v) is 3.83. The molecule has 0 unspecified atom stereocenters. The Kier molecular flexibility index (Phi) is 4.07. The van der Waals surface area contributed by atoms with Crippen LogP contribution in [0.3, 0.4) is 0 Å². The Morgan fingerprint density at radius 3 is 2.47 bits per heavy atom. The summed E-state index contributed by atoms with van der Waals surface area (Å²) in [5.41, 5.74) is 1.11. The first-order chi connectivity index (χ1) is 8.88. The van der Waals surface area contributed by atoms with Gasteiger partial charge in [0.05, 0.1) is 14.2 Å². The van der Waals surface area contributed by atoms with E-state index in [1.165, 1.54) is 22.7 Å². The topological polar surface area (TPSA) is 66.4 Å². The molecule has 2 aromatic heterocycles. The van der Waals surface area contributed by atoms with E-state index >= 15 is 0 Å². The van der Waals surface area contributed by atoms with E-state index in [1.807, 2.05) is 6.92 Å². The molecule has 0 fully saturated rings. The van der Waals surface area contributed by atoms with Crippen LogP contribution in [0.5, 0.6) is 0 Å². The molecule has 7 heteroatoms. The van der Waals surface area contributed by atoms with Crippen molar-refractivity contribution in [1.29, 1.82) is 0 Å². The van der Waals surface area contributed by atoms with Gasteiger partial charge < -0.3 is 10.4 Å². The highest BCUT2D eigenvalue weighted by Crippen LogP contribution is 2.31. The quantitative estimate of drug-likeness (QED) is 0.865. The van der Waals surface area contributed by atoms with E-state index in [9.17, 15) is 9.59 Å². The largest absolute Gasteiger partial charge is 0.478 e. The molecular weight excluding hydrogens is 350 g/mol. The summed E-state index contributed by atoms with van der Waals surface area (Å²) >= 11 is 5.94. The Bertz CT molecular complexity index is 640. The van der Waals surface area contributed by atoms with Crippen LogP contribution < -0.4 is 5.32 Å². The Morgan fingerprint density at radius 1 is 1.26 bits per heavy atom. The van der Waals surface area contributed by atoms with Crippen molar-refractivity contribution in [3.8, 4) is 0 Å². The Balaban J connectivity index is 2.26. The van der Waals surface area contributed by atoms with Crippen LogP contribution in [-0.2, 0) is 0 Å². The molecule has 0 spiro atoms. The Morgan fingerprint density at radius 2 is 1.95 bits per heavy atom. The molecule has 0 bridgehead atoms. The van der Waals surface area contributed by atoms with Crippen molar-refractivity contribution < 1.29 is 14.7 Å². The second-order valence-electron chi connectivity index (χ2n) is 3.93. The fourth-order valence-electron chi connectivity index (χ4n) is 1.50. The number of thiophene rings is 2. The van der Waals surface area contributed by atoms with Gasteiger partial charge in [0.25, 0.3) is 5.91 Å². The molecule has 4 nitrogen and oxygen atoms in total. The number of aryl methyl sites for hydroxylation is 2. The van der Waals surface area contributed by atoms with E-state index in [1.54, 1.807) is 19.1 Å². The van der Waals surface area contributed by atoms with E-state index in [-0.39, 0.29) is 11.5 Å². The predicted molar refractivity (Wildman–Crippen MR) is 80.7 cm³/mol. The minimum Gasteiger partial charge on any atom is -0.478 e. The van der Waals surface area contributed by atoms with Crippen molar-refractivity contribution in [2.45, 2.75) is 13.8 Å². The van der Waals surface area contributed by atoms with Gasteiger partial charge in [-0.15, -0.1) is 22.7 Å². The third-order valence-electron chi connectivity index (χ3n) is 2.39. The predicted octanol–water partition coefficient (Wildman–Crippen LogP) is 4.14. The molecule has 0 aliphatic rings. The molecule has 2 rings (SSSR count). The molecule has 0 aliphatic carbocycles. The number of carbonyl (C=O) groups is 2. The highest BCUT2D eigenvalue weighted by atomic mass is 79.9. The summed E-state index contributed by atoms with van der Waals surface area (Å²) in [6, 6.07) is 3.32. The zero-order valence-corrected chi connectivity index (χ0v) is 13.3. The second kappa shape index (κ2) is 5.44. The van der Waals surface area contributed by atoms with Gasteiger partial charge in [0.15, 0.2) is 0 Å². The van der Waals surface area contributed by atoms with Gasteiger partial charge in [-0.1, -0.05) is 0 Å². The number of aromatic carboxylic acids is 1. The number of nitrogens with one attached hydrogen (secondary N) is 1. The first kappa shape index (κ1) is 14.2. The van der Waals surface area contributed by atoms with E-state index in [2.05, 4.69) is 21.2 Å². The van der Waals surface area contributed by atoms with Gasteiger partial charge in [-0.25, -0.2) is 4.79 Å². The van der Waals surface area contributed by atoms with Crippen LogP contribution in [0.25, 0.3) is 0 Å². The SMILES string of the molecule is Cc1cc(C(=O)O)c(NC(=O)c2cc(C)c(Br)s2)s1. The Hall–Kier alpha value is -1.18. The fraction of sp³-hybridized carbons (Fsp3) is 0.167. The van der Waals surface area contributed by atoms with Gasteiger partial charge in [-0.05, 0) is 47.5 Å². The van der Waals surface area contributed by atoms with Crippen molar-refractivity contribution in [2.24, 2.45) is 0 Å². The lowest BCUT2D eigenvalue weighted by atomic mass is 10.3. The van der Waals surface area contributed by atoms with Crippen molar-refractivity contribution in [1.82, 2.24) is 0 Å². The third-order valence-corrected chi connectivity index (χ3v) is 5.50. The van der Waals surface area contributed by atoms with Crippen LogP contribution in [0.1, 0.15) is 30.5 Å². The van der Waals surface area contributed by atoms with Crippen molar-refractivity contribution in [2.75, 3.05) is 5.32 Å². The van der Waals surface area contributed by atoms with Gasteiger partial charge >= 0.3 is 5.97 Å². The van der Waals surface area contributed by atoms with Crippen LogP contribution in [-0.4, -0.2) is 17.0 Å². The maximum atomic E-state index is 12.1. The molecule has 1 amide bonds. The number of hydrogen-bond donors (Lipinski definition) is 2. The summed E-state index contributed by atoms with van der Waals surface area (Å²) in [6.45, 7) is 3.70. The minimum absolute atomic E-state index is 0.128. The standard InChI is InChI=1S/C12H10BrNO3S2/c1-5-3-8(19-9(5)13)10(15)14-11-7(12(16)17)4-6(2)18-11/h3-4H,1-2H3,(H,14,15)(H,16,17). The number of carboxylic acid groups (broad SMARTS) is 1. The summed E-state index contributed by atoms with van der Waals surface area (Å²) in [5, 5.41) is 12.1. The lowest BCUT2D eigenvalue weighted by Gasteiger charge is -2.01. The molecular formula is C12H10BrNO3S2. The average Bonchev–Trinajstić information content (AvgIpc) is 2.83. The summed E-state index contributed by atoms with van der Waals surface area (Å²) in [6.07, 6.45) is 0. The van der Waals surface area contributed by atoms with Crippen LogP contribution in [0.15, 0.2) is 15.9 Å². The normalized spacial score (nSPS) is 10.5. The molecule has 2 aromatic rings. The van der Waals surface area contributed by atoms with Gasteiger partial charge in [0, 0.05) is 4.88 Å². The number of rotatable bonds is 3. The van der Waals surface area contributed by atoms with Gasteiger partial charge in [0.2, 0.25) is 0 Å². The summed E-state index contributed by atoms with van der Waals surface area (Å²) < 4.78 is 0.901. The lowest BCUT2D eigenvalue weighted by Crippen LogP contribution is -2.11. The molecule has 0 atom stereocenters. The number of amides is 1. The minimum atomic E-state index is -1.04. The molecule has 0 radical (unpaired) electrons. The molecule has 0 saturated carbocycles. The van der Waals surface area contributed by atoms with Crippen LogP contribution >= 0.6 is 38.6 Å². The van der Waals surface area contributed by atoms with E-state index in [0.29, 0.717) is 9.88 Å². The number of hydrogen-bond acceptors (Lipinski definition) is 4. The van der Waals surface area contributed by atoms with Gasteiger partial charge in [0.1, 0.15) is 5.00 Å². The van der Waals surface area contributed by atoms with Crippen LogP contribution in [0.4, 0.5) is 5.00 Å². The molecule has 2 heterocycles. The van der Waals surface area contributed by atoms with Crippen molar-refractivity contribution in [3.63, 3.8) is 0 Å². The van der Waals surface area contributed by atoms with E-state index < -0.39 is 5.97 Å². The van der Waals surface area contributed by atoms with Crippen molar-refractivity contribution >= 4 is 55.5 Å². The summed E-state index contributed by atoms with van der Waals surface area (Å²) in [7, 11) is 0. The van der Waals surface area contributed by atoms with Gasteiger partial charge in [-0.2, -0.15) is 0 Å². The van der Waals surface area contributed by atoms with Gasteiger partial charge in [-0.3, -0.25) is 4.79 Å². The molecule has 19 heavy (non-hydrogen) atoms. The first-order valence-electron chi connectivity index (χ1n) is 5.29. The highest BCUT2D eigenvalue weighted by molar-refractivity contribution is 9.11. The number of halogens is 1. The Labute approximate surface area is 126 Å². The highest BCUT2D eigenvalue weighted by Gasteiger charge is 2.18. The van der Waals surface area contributed by atoms with Crippen LogP contribution in [0, 0.1) is 13.8 Å².